The number of benzene rings is 1. The van der Waals surface area contributed by atoms with Crippen LogP contribution >= 0.6 is 0 Å². The van der Waals surface area contributed by atoms with Crippen LogP contribution in [0, 0.1) is 17.1 Å². The van der Waals surface area contributed by atoms with E-state index in [1.807, 2.05) is 30.4 Å². The van der Waals surface area contributed by atoms with E-state index in [0.29, 0.717) is 5.56 Å². The first-order chi connectivity index (χ1) is 13.6. The van der Waals surface area contributed by atoms with Crippen molar-refractivity contribution in [2.75, 3.05) is 18.0 Å². The molecule has 0 amide bonds. The zero-order chi connectivity index (χ0) is 19.5. The maximum absolute atomic E-state index is 13.0. The molecule has 4 rings (SSSR count). The van der Waals surface area contributed by atoms with Crippen LogP contribution in [0.25, 0.3) is 23.4 Å². The van der Waals surface area contributed by atoms with E-state index >= 15 is 0 Å². The van der Waals surface area contributed by atoms with Gasteiger partial charge in [0.2, 0.25) is 0 Å². The highest BCUT2D eigenvalue weighted by molar-refractivity contribution is 5.73. The number of nitrogens with two attached hydrogens (primary N) is 1. The minimum absolute atomic E-state index is 0.141. The van der Waals surface area contributed by atoms with E-state index in [9.17, 15) is 9.65 Å². The van der Waals surface area contributed by atoms with Crippen LogP contribution in [0.3, 0.4) is 0 Å². The average molecular weight is 373 g/mol. The van der Waals surface area contributed by atoms with Crippen LogP contribution in [-0.2, 0) is 0 Å². The Morgan fingerprint density at radius 2 is 2.04 bits per heavy atom. The summed E-state index contributed by atoms with van der Waals surface area (Å²) in [6.45, 7) is 1.59. The minimum Gasteiger partial charge on any atom is -0.355 e. The Hall–Kier alpha value is -3.43. The van der Waals surface area contributed by atoms with Gasteiger partial charge in [-0.25, -0.2) is 4.39 Å². The number of aromatic amines is 1. The van der Waals surface area contributed by atoms with E-state index in [-0.39, 0.29) is 11.9 Å². The summed E-state index contributed by atoms with van der Waals surface area (Å²) in [4.78, 5) is 9.87. The highest BCUT2D eigenvalue weighted by Crippen LogP contribution is 2.29. The van der Waals surface area contributed by atoms with Crippen molar-refractivity contribution >= 4 is 18.0 Å². The number of hydrogen-bond donors (Lipinski definition) is 2. The molecule has 0 spiro atoms. The van der Waals surface area contributed by atoms with Crippen molar-refractivity contribution in [1.82, 2.24) is 9.97 Å². The number of nitrogens with one attached hydrogen (secondary N) is 1. The number of rotatable bonds is 4. The van der Waals surface area contributed by atoms with Crippen molar-refractivity contribution in [3.63, 3.8) is 0 Å². The Balaban J connectivity index is 1.60. The Morgan fingerprint density at radius 1 is 1.21 bits per heavy atom. The molecule has 0 radical (unpaired) electrons. The maximum atomic E-state index is 13.0. The summed E-state index contributed by atoms with van der Waals surface area (Å²) in [5.74, 6) is 0.567. The fourth-order valence-corrected chi connectivity index (χ4v) is 3.39. The van der Waals surface area contributed by atoms with E-state index < -0.39 is 0 Å². The van der Waals surface area contributed by atoms with E-state index in [1.54, 1.807) is 18.3 Å². The van der Waals surface area contributed by atoms with Crippen LogP contribution < -0.4 is 10.6 Å². The molecule has 1 aliphatic rings. The molecule has 3 heterocycles. The second kappa shape index (κ2) is 7.67. The van der Waals surface area contributed by atoms with Crippen LogP contribution in [0.1, 0.15) is 23.2 Å². The zero-order valence-corrected chi connectivity index (χ0v) is 15.3. The van der Waals surface area contributed by atoms with Crippen LogP contribution in [0.15, 0.2) is 48.7 Å². The number of halogens is 1. The molecule has 0 unspecified atom stereocenters. The third-order valence-corrected chi connectivity index (χ3v) is 4.87. The predicted octanol–water partition coefficient (Wildman–Crippen LogP) is 3.80. The van der Waals surface area contributed by atoms with E-state index in [1.165, 1.54) is 12.1 Å². The smallest absolute Gasteiger partial charge is 0.124 e. The van der Waals surface area contributed by atoms with Gasteiger partial charge in [-0.05, 0) is 48.4 Å². The van der Waals surface area contributed by atoms with Gasteiger partial charge in [-0.1, -0.05) is 18.2 Å². The minimum atomic E-state index is -0.257. The number of anilines is 1. The number of nitriles is 1. The fourth-order valence-electron chi connectivity index (χ4n) is 3.39. The molecule has 0 bridgehead atoms. The molecule has 3 aromatic rings. The number of nitrogens with zero attached hydrogens (tertiary/aromatic N) is 3. The Kier molecular flexibility index (Phi) is 4.92. The SMILES string of the molecule is N#Cc1cc(-c2ccnc(/C=C/c3ccc(F)cc3)c2)[nH]c1N1CC[C@@H](N)C1. The molecular formula is C22H20FN5. The molecule has 3 N–H and O–H groups in total. The van der Waals surface area contributed by atoms with Gasteiger partial charge in [-0.15, -0.1) is 0 Å². The van der Waals surface area contributed by atoms with Crippen molar-refractivity contribution < 1.29 is 4.39 Å². The molecule has 1 atom stereocenters. The first-order valence-corrected chi connectivity index (χ1v) is 9.16. The highest BCUT2D eigenvalue weighted by Gasteiger charge is 2.23. The molecule has 28 heavy (non-hydrogen) atoms. The molecular weight excluding hydrogens is 353 g/mol. The van der Waals surface area contributed by atoms with Crippen LogP contribution in [-0.4, -0.2) is 29.1 Å². The lowest BCUT2D eigenvalue weighted by Crippen LogP contribution is -2.26. The topological polar surface area (TPSA) is 81.7 Å². The first kappa shape index (κ1) is 18.0. The van der Waals surface area contributed by atoms with Gasteiger partial charge in [0.1, 0.15) is 17.7 Å². The summed E-state index contributed by atoms with van der Waals surface area (Å²) in [6, 6.07) is 14.4. The molecule has 2 aromatic heterocycles. The molecule has 0 aliphatic carbocycles. The largest absolute Gasteiger partial charge is 0.355 e. The van der Waals surface area contributed by atoms with E-state index in [4.69, 9.17) is 5.73 Å². The Morgan fingerprint density at radius 3 is 2.75 bits per heavy atom. The maximum Gasteiger partial charge on any atom is 0.124 e. The lowest BCUT2D eigenvalue weighted by molar-refractivity contribution is 0.628. The third kappa shape index (κ3) is 3.80. The number of pyridine rings is 1. The van der Waals surface area contributed by atoms with E-state index in [2.05, 4.69) is 20.9 Å². The third-order valence-electron chi connectivity index (χ3n) is 4.87. The summed E-state index contributed by atoms with van der Waals surface area (Å²) < 4.78 is 13.0. The van der Waals surface area contributed by atoms with Gasteiger partial charge < -0.3 is 15.6 Å². The van der Waals surface area contributed by atoms with Gasteiger partial charge in [0.25, 0.3) is 0 Å². The summed E-state index contributed by atoms with van der Waals surface area (Å²) in [6.07, 6.45) is 6.42. The molecule has 5 nitrogen and oxygen atoms in total. The van der Waals surface area contributed by atoms with Crippen molar-refractivity contribution in [2.24, 2.45) is 5.73 Å². The van der Waals surface area contributed by atoms with Crippen LogP contribution in [0.5, 0.6) is 0 Å². The number of aromatic nitrogens is 2. The van der Waals surface area contributed by atoms with Crippen molar-refractivity contribution in [3.05, 3.63) is 71.3 Å². The molecule has 1 fully saturated rings. The second-order valence-corrected chi connectivity index (χ2v) is 6.91. The van der Waals surface area contributed by atoms with Gasteiger partial charge in [-0.3, -0.25) is 4.98 Å². The summed E-state index contributed by atoms with van der Waals surface area (Å²) in [5.41, 5.74) is 10.1. The van der Waals surface area contributed by atoms with Gasteiger partial charge in [-0.2, -0.15) is 5.26 Å². The van der Waals surface area contributed by atoms with Gasteiger partial charge in [0.05, 0.1) is 11.3 Å². The standard InChI is InChI=1S/C22H20FN5/c23-18-4-1-15(2-5-18)3-6-20-11-16(7-9-26-20)21-12-17(13-24)22(27-21)28-10-8-19(25)14-28/h1-7,9,11-12,19,27H,8,10,14,25H2/b6-3+/t19-/m1/s1. The Labute approximate surface area is 162 Å². The van der Waals surface area contributed by atoms with Gasteiger partial charge in [0, 0.05) is 36.6 Å². The van der Waals surface area contributed by atoms with Gasteiger partial charge >= 0.3 is 0 Å². The number of H-pyrrole nitrogens is 1. The zero-order valence-electron chi connectivity index (χ0n) is 15.3. The second-order valence-electron chi connectivity index (χ2n) is 6.91. The molecule has 6 heteroatoms. The normalized spacial score (nSPS) is 16.6. The number of hydrogen-bond acceptors (Lipinski definition) is 4. The van der Waals surface area contributed by atoms with Crippen molar-refractivity contribution in [1.29, 1.82) is 5.26 Å². The molecule has 1 aliphatic heterocycles. The first-order valence-electron chi connectivity index (χ1n) is 9.16. The highest BCUT2D eigenvalue weighted by atomic mass is 19.1. The molecule has 140 valence electrons. The van der Waals surface area contributed by atoms with E-state index in [0.717, 1.165) is 47.8 Å². The van der Waals surface area contributed by atoms with Crippen molar-refractivity contribution in [2.45, 2.75) is 12.5 Å². The van der Waals surface area contributed by atoms with Crippen LogP contribution in [0.2, 0.25) is 0 Å². The average Bonchev–Trinajstić information content (AvgIpc) is 3.34. The lowest BCUT2D eigenvalue weighted by atomic mass is 10.1. The lowest BCUT2D eigenvalue weighted by Gasteiger charge is -2.16. The Bertz CT molecular complexity index is 1050. The molecule has 0 saturated carbocycles. The summed E-state index contributed by atoms with van der Waals surface area (Å²) in [5, 5.41) is 9.51. The molecule has 1 saturated heterocycles. The summed E-state index contributed by atoms with van der Waals surface area (Å²) >= 11 is 0. The van der Waals surface area contributed by atoms with Crippen LogP contribution in [0.4, 0.5) is 10.2 Å². The molecule has 1 aromatic carbocycles. The summed E-state index contributed by atoms with van der Waals surface area (Å²) in [7, 11) is 0. The van der Waals surface area contributed by atoms with Crippen molar-refractivity contribution in [3.8, 4) is 17.3 Å². The predicted molar refractivity (Wildman–Crippen MR) is 109 cm³/mol. The quantitative estimate of drug-likeness (QED) is 0.729. The fraction of sp³-hybridized carbons (Fsp3) is 0.182. The monoisotopic (exact) mass is 373 g/mol. The van der Waals surface area contributed by atoms with Gasteiger partial charge in [0.15, 0.2) is 0 Å².